The van der Waals surface area contributed by atoms with Gasteiger partial charge in [0.2, 0.25) is 15.9 Å². The molecule has 1 aliphatic rings. The van der Waals surface area contributed by atoms with Crippen molar-refractivity contribution in [3.05, 3.63) is 58.7 Å². The number of ether oxygens (including phenoxy) is 1. The van der Waals surface area contributed by atoms with Crippen molar-refractivity contribution in [3.8, 4) is 5.75 Å². The summed E-state index contributed by atoms with van der Waals surface area (Å²) in [7, 11) is -2.26. The molecule has 0 radical (unpaired) electrons. The van der Waals surface area contributed by atoms with Crippen molar-refractivity contribution < 1.29 is 17.9 Å². The monoisotopic (exact) mass is 388 g/mol. The Hall–Kier alpha value is -2.38. The number of benzene rings is 2. The van der Waals surface area contributed by atoms with E-state index in [1.807, 2.05) is 18.2 Å². The molecule has 0 saturated heterocycles. The van der Waals surface area contributed by atoms with E-state index in [0.29, 0.717) is 30.0 Å². The third kappa shape index (κ3) is 4.14. The van der Waals surface area contributed by atoms with Crippen LogP contribution in [-0.2, 0) is 27.8 Å². The van der Waals surface area contributed by atoms with Crippen molar-refractivity contribution in [2.24, 2.45) is 0 Å². The van der Waals surface area contributed by atoms with E-state index in [2.05, 4.69) is 10.8 Å². The fraction of sp³-hybridized carbons (Fsp3) is 0.350. The molecule has 1 heterocycles. The first-order chi connectivity index (χ1) is 12.8. The highest BCUT2D eigenvalue weighted by molar-refractivity contribution is 7.89. The SMILES string of the molecule is COc1cc(C)c(S(=O)(=O)NCC(=O)N2CCc3ccccc3C2)c(C)c1. The standard InChI is InChI=1S/C20H24N2O4S/c1-14-10-18(26-3)11-15(2)20(14)27(24,25)21-12-19(23)22-9-8-16-6-4-5-7-17(16)13-22/h4-7,10-11,21H,8-9,12-13H2,1-3H3. The van der Waals surface area contributed by atoms with Crippen LogP contribution in [0.5, 0.6) is 5.75 Å². The van der Waals surface area contributed by atoms with Gasteiger partial charge in [-0.05, 0) is 54.7 Å². The van der Waals surface area contributed by atoms with E-state index in [1.165, 1.54) is 12.7 Å². The van der Waals surface area contributed by atoms with Crippen molar-refractivity contribution >= 4 is 15.9 Å². The lowest BCUT2D eigenvalue weighted by Crippen LogP contribution is -2.42. The fourth-order valence-corrected chi connectivity index (χ4v) is 4.93. The number of carbonyl (C=O) groups is 1. The van der Waals surface area contributed by atoms with Crippen LogP contribution >= 0.6 is 0 Å². The average Bonchev–Trinajstić information content (AvgIpc) is 2.64. The molecule has 1 N–H and O–H groups in total. The third-order valence-electron chi connectivity index (χ3n) is 4.84. The van der Waals surface area contributed by atoms with Crippen LogP contribution in [0.3, 0.4) is 0 Å². The minimum atomic E-state index is -3.79. The number of carbonyl (C=O) groups excluding carboxylic acids is 1. The zero-order chi connectivity index (χ0) is 19.6. The molecule has 144 valence electrons. The second-order valence-corrected chi connectivity index (χ2v) is 8.45. The topological polar surface area (TPSA) is 75.7 Å². The molecule has 7 heteroatoms. The highest BCUT2D eigenvalue weighted by Gasteiger charge is 2.24. The van der Waals surface area contributed by atoms with E-state index in [0.717, 1.165) is 12.0 Å². The van der Waals surface area contributed by atoms with Gasteiger partial charge in [0.25, 0.3) is 0 Å². The Morgan fingerprint density at radius 2 is 1.78 bits per heavy atom. The van der Waals surface area contributed by atoms with Gasteiger partial charge in [-0.2, -0.15) is 0 Å². The highest BCUT2D eigenvalue weighted by Crippen LogP contribution is 2.25. The van der Waals surface area contributed by atoms with Crippen LogP contribution in [0.2, 0.25) is 0 Å². The highest BCUT2D eigenvalue weighted by atomic mass is 32.2. The smallest absolute Gasteiger partial charge is 0.241 e. The van der Waals surface area contributed by atoms with Crippen molar-refractivity contribution in [2.75, 3.05) is 20.2 Å². The van der Waals surface area contributed by atoms with E-state index in [1.54, 1.807) is 30.9 Å². The van der Waals surface area contributed by atoms with Gasteiger partial charge in [-0.3, -0.25) is 4.79 Å². The van der Waals surface area contributed by atoms with E-state index in [4.69, 9.17) is 4.74 Å². The minimum absolute atomic E-state index is 0.195. The summed E-state index contributed by atoms with van der Waals surface area (Å²) >= 11 is 0. The van der Waals surface area contributed by atoms with Crippen LogP contribution in [-0.4, -0.2) is 39.4 Å². The molecule has 0 unspecified atom stereocenters. The average molecular weight is 388 g/mol. The maximum Gasteiger partial charge on any atom is 0.241 e. The van der Waals surface area contributed by atoms with Gasteiger partial charge < -0.3 is 9.64 Å². The number of fused-ring (bicyclic) bond motifs is 1. The normalized spacial score (nSPS) is 14.0. The van der Waals surface area contributed by atoms with Gasteiger partial charge in [-0.1, -0.05) is 24.3 Å². The molecular formula is C20H24N2O4S. The Morgan fingerprint density at radius 3 is 2.41 bits per heavy atom. The molecule has 0 aliphatic carbocycles. The molecule has 0 atom stereocenters. The van der Waals surface area contributed by atoms with E-state index in [-0.39, 0.29) is 17.3 Å². The first-order valence-corrected chi connectivity index (χ1v) is 10.3. The van der Waals surface area contributed by atoms with Crippen molar-refractivity contribution in [1.29, 1.82) is 0 Å². The Kier molecular flexibility index (Phi) is 5.53. The molecule has 27 heavy (non-hydrogen) atoms. The Bertz CT molecular complexity index is 947. The van der Waals surface area contributed by atoms with Crippen molar-refractivity contribution in [3.63, 3.8) is 0 Å². The summed E-state index contributed by atoms with van der Waals surface area (Å²) in [6.07, 6.45) is 0.783. The zero-order valence-electron chi connectivity index (χ0n) is 15.8. The first kappa shape index (κ1) is 19.4. The molecule has 2 aromatic rings. The molecule has 0 bridgehead atoms. The van der Waals surface area contributed by atoms with Gasteiger partial charge in [-0.25, -0.2) is 13.1 Å². The maximum absolute atomic E-state index is 12.7. The first-order valence-electron chi connectivity index (χ1n) is 8.81. The zero-order valence-corrected chi connectivity index (χ0v) is 16.6. The molecule has 2 aromatic carbocycles. The number of nitrogens with zero attached hydrogens (tertiary/aromatic N) is 1. The molecule has 0 spiro atoms. The van der Waals surface area contributed by atoms with E-state index >= 15 is 0 Å². The quantitative estimate of drug-likeness (QED) is 0.852. The van der Waals surface area contributed by atoms with Gasteiger partial charge >= 0.3 is 0 Å². The number of hydrogen-bond acceptors (Lipinski definition) is 4. The van der Waals surface area contributed by atoms with Gasteiger partial charge in [0, 0.05) is 13.1 Å². The Balaban J connectivity index is 1.70. The molecule has 0 aromatic heterocycles. The summed E-state index contributed by atoms with van der Waals surface area (Å²) in [6.45, 7) is 4.28. The van der Waals surface area contributed by atoms with Crippen LogP contribution < -0.4 is 9.46 Å². The third-order valence-corrected chi connectivity index (χ3v) is 6.54. The molecular weight excluding hydrogens is 364 g/mol. The molecule has 3 rings (SSSR count). The van der Waals surface area contributed by atoms with Crippen LogP contribution in [0.15, 0.2) is 41.3 Å². The lowest BCUT2D eigenvalue weighted by molar-refractivity contribution is -0.130. The molecule has 0 fully saturated rings. The van der Waals surface area contributed by atoms with Crippen molar-refractivity contribution in [1.82, 2.24) is 9.62 Å². The summed E-state index contributed by atoms with van der Waals surface area (Å²) in [5.41, 5.74) is 3.52. The molecule has 1 amide bonds. The second kappa shape index (κ2) is 7.70. The lowest BCUT2D eigenvalue weighted by atomic mass is 10.00. The number of nitrogens with one attached hydrogen (secondary N) is 1. The van der Waals surface area contributed by atoms with E-state index < -0.39 is 10.0 Å². The predicted molar refractivity (Wildman–Crippen MR) is 103 cm³/mol. The van der Waals surface area contributed by atoms with Crippen LogP contribution in [0.25, 0.3) is 0 Å². The van der Waals surface area contributed by atoms with Gasteiger partial charge in [0.05, 0.1) is 18.6 Å². The molecule has 0 saturated carbocycles. The molecule has 6 nitrogen and oxygen atoms in total. The number of aryl methyl sites for hydroxylation is 2. The summed E-state index contributed by atoms with van der Waals surface area (Å²) in [4.78, 5) is 14.4. The number of hydrogen-bond donors (Lipinski definition) is 1. The maximum atomic E-state index is 12.7. The van der Waals surface area contributed by atoms with Gasteiger partial charge in [0.15, 0.2) is 0 Å². The minimum Gasteiger partial charge on any atom is -0.497 e. The summed E-state index contributed by atoms with van der Waals surface area (Å²) < 4.78 is 33.1. The fourth-order valence-electron chi connectivity index (χ4n) is 3.50. The largest absolute Gasteiger partial charge is 0.497 e. The lowest BCUT2D eigenvalue weighted by Gasteiger charge is -2.29. The molecule has 1 aliphatic heterocycles. The summed E-state index contributed by atoms with van der Waals surface area (Å²) in [5.74, 6) is 0.379. The van der Waals surface area contributed by atoms with Crippen LogP contribution in [0.4, 0.5) is 0 Å². The second-order valence-electron chi connectivity index (χ2n) is 6.75. The number of rotatable bonds is 5. The van der Waals surface area contributed by atoms with Crippen LogP contribution in [0.1, 0.15) is 22.3 Å². The van der Waals surface area contributed by atoms with Crippen LogP contribution in [0, 0.1) is 13.8 Å². The Morgan fingerprint density at radius 1 is 1.15 bits per heavy atom. The summed E-state index contributed by atoms with van der Waals surface area (Å²) in [6, 6.07) is 11.3. The van der Waals surface area contributed by atoms with E-state index in [9.17, 15) is 13.2 Å². The van der Waals surface area contributed by atoms with Crippen molar-refractivity contribution in [2.45, 2.75) is 31.7 Å². The number of sulfonamides is 1. The van der Waals surface area contributed by atoms with Gasteiger partial charge in [0.1, 0.15) is 5.75 Å². The Labute approximate surface area is 160 Å². The number of methoxy groups -OCH3 is 1. The van der Waals surface area contributed by atoms with Gasteiger partial charge in [-0.15, -0.1) is 0 Å². The number of amides is 1. The summed E-state index contributed by atoms with van der Waals surface area (Å²) in [5, 5.41) is 0. The predicted octanol–water partition coefficient (Wildman–Crippen LogP) is 2.18.